The van der Waals surface area contributed by atoms with Gasteiger partial charge in [0.1, 0.15) is 5.54 Å². The predicted octanol–water partition coefficient (Wildman–Crippen LogP) is 3.00. The monoisotopic (exact) mass is 284 g/mol. The number of unbranched alkanes of at least 4 members (excludes halogenated alkanes) is 3. The van der Waals surface area contributed by atoms with Crippen molar-refractivity contribution in [2.24, 2.45) is 0 Å². The molecule has 0 saturated carbocycles. The summed E-state index contributed by atoms with van der Waals surface area (Å²) in [5.74, 6) is -0.863. The second-order valence-electron chi connectivity index (χ2n) is 5.63. The molecule has 1 rings (SSSR count). The van der Waals surface area contributed by atoms with Crippen LogP contribution in [0.25, 0.3) is 0 Å². The van der Waals surface area contributed by atoms with Crippen LogP contribution >= 0.6 is 0 Å². The number of likely N-dealkylation sites (tertiary alicyclic amines) is 1. The zero-order chi connectivity index (χ0) is 15.0. The molecule has 0 radical (unpaired) electrons. The molecule has 0 aromatic heterocycles. The Kier molecular flexibility index (Phi) is 6.82. The number of nitrogens with one attached hydrogen (secondary N) is 1. The average Bonchev–Trinajstić information content (AvgIpc) is 2.84. The predicted molar refractivity (Wildman–Crippen MR) is 78.8 cm³/mol. The van der Waals surface area contributed by atoms with Gasteiger partial charge in [0.05, 0.1) is 0 Å². The maximum absolute atomic E-state index is 12.2. The molecule has 116 valence electrons. The van der Waals surface area contributed by atoms with E-state index in [9.17, 15) is 14.7 Å². The van der Waals surface area contributed by atoms with Crippen molar-refractivity contribution in [2.45, 2.75) is 70.8 Å². The molecule has 1 atom stereocenters. The van der Waals surface area contributed by atoms with E-state index >= 15 is 0 Å². The van der Waals surface area contributed by atoms with Gasteiger partial charge < -0.3 is 15.3 Å². The number of nitrogens with zero attached hydrogens (tertiary/aromatic N) is 1. The van der Waals surface area contributed by atoms with Crippen LogP contribution in [0.5, 0.6) is 0 Å². The van der Waals surface area contributed by atoms with Crippen LogP contribution in [-0.4, -0.2) is 40.6 Å². The van der Waals surface area contributed by atoms with Crippen molar-refractivity contribution >= 4 is 12.0 Å². The van der Waals surface area contributed by atoms with Crippen molar-refractivity contribution in [3.8, 4) is 0 Å². The number of amides is 2. The molecule has 2 amide bonds. The molecule has 5 heteroatoms. The lowest BCUT2D eigenvalue weighted by atomic mass is 9.91. The van der Waals surface area contributed by atoms with Crippen LogP contribution in [0.3, 0.4) is 0 Å². The van der Waals surface area contributed by atoms with Gasteiger partial charge >= 0.3 is 12.0 Å². The summed E-state index contributed by atoms with van der Waals surface area (Å²) in [4.78, 5) is 25.4. The second-order valence-corrected chi connectivity index (χ2v) is 5.63. The van der Waals surface area contributed by atoms with Crippen LogP contribution < -0.4 is 5.32 Å². The molecule has 2 N–H and O–H groups in total. The molecule has 0 spiro atoms. The van der Waals surface area contributed by atoms with Crippen molar-refractivity contribution in [2.75, 3.05) is 13.1 Å². The zero-order valence-electron chi connectivity index (χ0n) is 12.8. The van der Waals surface area contributed by atoms with Crippen LogP contribution in [0.1, 0.15) is 65.2 Å². The standard InChI is InChI=1S/C15H28N2O3/c1-3-5-6-7-11-16-14(20)17-12-8-10-15(17,9-4-2)13(18)19/h3-12H2,1-2H3,(H,16,20)(H,18,19). The lowest BCUT2D eigenvalue weighted by Gasteiger charge is -2.34. The molecule has 1 saturated heterocycles. The highest BCUT2D eigenvalue weighted by molar-refractivity contribution is 5.87. The fraction of sp³-hybridized carbons (Fsp3) is 0.867. The fourth-order valence-corrected chi connectivity index (χ4v) is 3.02. The van der Waals surface area contributed by atoms with Crippen molar-refractivity contribution in [3.63, 3.8) is 0 Å². The molecule has 1 aliphatic heterocycles. The Bertz CT molecular complexity index is 333. The first-order valence-electron chi connectivity index (χ1n) is 7.87. The SMILES string of the molecule is CCCCCCNC(=O)N1CCCC1(CCC)C(=O)O. The van der Waals surface area contributed by atoms with Gasteiger partial charge in [-0.25, -0.2) is 9.59 Å². The summed E-state index contributed by atoms with van der Waals surface area (Å²) in [6.07, 6.45) is 7.05. The first kappa shape index (κ1) is 16.8. The number of rotatable bonds is 8. The van der Waals surface area contributed by atoms with E-state index in [1.165, 1.54) is 12.8 Å². The van der Waals surface area contributed by atoms with E-state index in [2.05, 4.69) is 12.2 Å². The van der Waals surface area contributed by atoms with Crippen molar-refractivity contribution < 1.29 is 14.7 Å². The summed E-state index contributed by atoms with van der Waals surface area (Å²) in [5, 5.41) is 12.4. The van der Waals surface area contributed by atoms with Gasteiger partial charge in [0.15, 0.2) is 0 Å². The Morgan fingerprint density at radius 1 is 1.20 bits per heavy atom. The van der Waals surface area contributed by atoms with Crippen LogP contribution in [0.15, 0.2) is 0 Å². The van der Waals surface area contributed by atoms with Crippen molar-refractivity contribution in [1.29, 1.82) is 0 Å². The third-order valence-electron chi connectivity index (χ3n) is 4.10. The number of carbonyl (C=O) groups excluding carboxylic acids is 1. The molecule has 5 nitrogen and oxygen atoms in total. The minimum absolute atomic E-state index is 0.213. The minimum Gasteiger partial charge on any atom is -0.479 e. The largest absolute Gasteiger partial charge is 0.479 e. The molecule has 0 bridgehead atoms. The van der Waals surface area contributed by atoms with Crippen LogP contribution in [0.2, 0.25) is 0 Å². The van der Waals surface area contributed by atoms with E-state index in [4.69, 9.17) is 0 Å². The molecule has 1 fully saturated rings. The Labute approximate surface area is 121 Å². The molecule has 0 aromatic carbocycles. The number of carboxylic acid groups (broad SMARTS) is 1. The Morgan fingerprint density at radius 3 is 2.55 bits per heavy atom. The molecule has 1 heterocycles. The summed E-state index contributed by atoms with van der Waals surface area (Å²) >= 11 is 0. The normalized spacial score (nSPS) is 22.0. The Morgan fingerprint density at radius 2 is 1.95 bits per heavy atom. The highest BCUT2D eigenvalue weighted by Gasteiger charge is 2.49. The quantitative estimate of drug-likeness (QED) is 0.673. The Balaban J connectivity index is 2.54. The van der Waals surface area contributed by atoms with E-state index in [0.717, 1.165) is 25.7 Å². The van der Waals surface area contributed by atoms with E-state index in [1.54, 1.807) is 4.90 Å². The van der Waals surface area contributed by atoms with Crippen molar-refractivity contribution in [1.82, 2.24) is 10.2 Å². The molecule has 0 aliphatic carbocycles. The number of aliphatic carboxylic acids is 1. The van der Waals surface area contributed by atoms with Crippen LogP contribution in [-0.2, 0) is 4.79 Å². The maximum Gasteiger partial charge on any atom is 0.329 e. The van der Waals surface area contributed by atoms with E-state index < -0.39 is 11.5 Å². The highest BCUT2D eigenvalue weighted by atomic mass is 16.4. The summed E-state index contributed by atoms with van der Waals surface area (Å²) < 4.78 is 0. The first-order chi connectivity index (χ1) is 9.58. The van der Waals surface area contributed by atoms with Gasteiger partial charge in [0.25, 0.3) is 0 Å². The number of carboxylic acids is 1. The van der Waals surface area contributed by atoms with E-state index in [-0.39, 0.29) is 6.03 Å². The van der Waals surface area contributed by atoms with Gasteiger partial charge in [-0.1, -0.05) is 39.5 Å². The minimum atomic E-state index is -0.984. The fourth-order valence-electron chi connectivity index (χ4n) is 3.02. The third kappa shape index (κ3) is 3.87. The molecule has 1 unspecified atom stereocenters. The zero-order valence-corrected chi connectivity index (χ0v) is 12.8. The first-order valence-corrected chi connectivity index (χ1v) is 7.87. The van der Waals surface area contributed by atoms with Crippen molar-refractivity contribution in [3.05, 3.63) is 0 Å². The summed E-state index contributed by atoms with van der Waals surface area (Å²) in [5.41, 5.74) is -0.984. The molecule has 0 aromatic rings. The molecule has 1 aliphatic rings. The lowest BCUT2D eigenvalue weighted by Crippen LogP contribution is -2.56. The number of hydrogen-bond donors (Lipinski definition) is 2. The number of hydrogen-bond acceptors (Lipinski definition) is 2. The third-order valence-corrected chi connectivity index (χ3v) is 4.10. The lowest BCUT2D eigenvalue weighted by molar-refractivity contribution is -0.148. The highest BCUT2D eigenvalue weighted by Crippen LogP contribution is 2.34. The molecule has 20 heavy (non-hydrogen) atoms. The number of carbonyl (C=O) groups is 2. The van der Waals surface area contributed by atoms with Gasteiger partial charge in [-0.05, 0) is 25.7 Å². The number of urea groups is 1. The van der Waals surface area contributed by atoms with Gasteiger partial charge in [-0.2, -0.15) is 0 Å². The smallest absolute Gasteiger partial charge is 0.329 e. The average molecular weight is 284 g/mol. The molecular weight excluding hydrogens is 256 g/mol. The van der Waals surface area contributed by atoms with Gasteiger partial charge in [-0.15, -0.1) is 0 Å². The van der Waals surface area contributed by atoms with Gasteiger partial charge in [0, 0.05) is 13.1 Å². The topological polar surface area (TPSA) is 69.6 Å². The molecular formula is C15H28N2O3. The van der Waals surface area contributed by atoms with Crippen LogP contribution in [0.4, 0.5) is 4.79 Å². The van der Waals surface area contributed by atoms with E-state index in [1.807, 2.05) is 6.92 Å². The van der Waals surface area contributed by atoms with Gasteiger partial charge in [0.2, 0.25) is 0 Å². The van der Waals surface area contributed by atoms with Crippen LogP contribution in [0, 0.1) is 0 Å². The maximum atomic E-state index is 12.2. The summed E-state index contributed by atoms with van der Waals surface area (Å²) in [7, 11) is 0. The Hall–Kier alpha value is -1.26. The van der Waals surface area contributed by atoms with E-state index in [0.29, 0.717) is 25.9 Å². The summed E-state index contributed by atoms with van der Waals surface area (Å²) in [6.45, 7) is 5.29. The van der Waals surface area contributed by atoms with Gasteiger partial charge in [-0.3, -0.25) is 0 Å². The second kappa shape index (κ2) is 8.12. The summed E-state index contributed by atoms with van der Waals surface area (Å²) in [6, 6.07) is -0.213.